The third-order valence-electron chi connectivity index (χ3n) is 3.59. The predicted molar refractivity (Wildman–Crippen MR) is 94.1 cm³/mol. The van der Waals surface area contributed by atoms with Gasteiger partial charge in [-0.25, -0.2) is 4.39 Å². The minimum Gasteiger partial charge on any atom is -0.468 e. The van der Waals surface area contributed by atoms with Gasteiger partial charge in [-0.05, 0) is 42.2 Å². The summed E-state index contributed by atoms with van der Waals surface area (Å²) in [5.41, 5.74) is 2.79. The van der Waals surface area contributed by atoms with Gasteiger partial charge >= 0.3 is 5.97 Å². The van der Waals surface area contributed by atoms with Crippen LogP contribution in [0.5, 0.6) is 0 Å². The average Bonchev–Trinajstić information content (AvgIpc) is 2.59. The van der Waals surface area contributed by atoms with Crippen LogP contribution < -0.4 is 0 Å². The fraction of sp³-hybridized carbons (Fsp3) is 0.316. The molecule has 0 aliphatic carbocycles. The number of ether oxygens (including phenoxy) is 1. The molecule has 0 spiro atoms. The Kier molecular flexibility index (Phi) is 7.14. The van der Waals surface area contributed by atoms with Crippen molar-refractivity contribution in [3.63, 3.8) is 0 Å². The number of unbranched alkanes of at least 4 members (excludes halogenated alkanes) is 1. The molecule has 0 unspecified atom stereocenters. The molecule has 0 N–H and O–H groups in total. The Bertz CT molecular complexity index is 626. The summed E-state index contributed by atoms with van der Waals surface area (Å²) >= 11 is 1.61. The summed E-state index contributed by atoms with van der Waals surface area (Å²) in [7, 11) is 1.41. The molecule has 0 radical (unpaired) electrons. The van der Waals surface area contributed by atoms with E-state index in [4.69, 9.17) is 0 Å². The van der Waals surface area contributed by atoms with Crippen molar-refractivity contribution in [2.75, 3.05) is 18.6 Å². The summed E-state index contributed by atoms with van der Waals surface area (Å²) < 4.78 is 18.3. The van der Waals surface area contributed by atoms with Crippen molar-refractivity contribution >= 4 is 17.7 Å². The number of methoxy groups -OCH3 is 1. The fourth-order valence-electron chi connectivity index (χ4n) is 2.29. The first kappa shape index (κ1) is 17.5. The van der Waals surface area contributed by atoms with Gasteiger partial charge in [-0.3, -0.25) is 4.79 Å². The first-order valence-electron chi connectivity index (χ1n) is 7.69. The van der Waals surface area contributed by atoms with Crippen molar-refractivity contribution in [2.45, 2.75) is 19.3 Å². The minimum atomic E-state index is -0.192. The van der Waals surface area contributed by atoms with E-state index in [1.54, 1.807) is 23.9 Å². The summed E-state index contributed by atoms with van der Waals surface area (Å²) in [6.07, 6.45) is 3.14. The third kappa shape index (κ3) is 5.71. The van der Waals surface area contributed by atoms with Crippen LogP contribution in [-0.2, 0) is 16.0 Å². The standard InChI is InChI=1S/C19H21FO2S/c1-22-19(21)14-23-13-5-4-6-15-9-11-16(12-10-15)17-7-2-3-8-18(17)20/h2-3,7-12H,4-6,13-14H2,1H3. The molecule has 0 atom stereocenters. The number of carbonyl (C=O) groups excluding carboxylic acids is 1. The van der Waals surface area contributed by atoms with Gasteiger partial charge in [0.05, 0.1) is 12.9 Å². The highest BCUT2D eigenvalue weighted by molar-refractivity contribution is 7.99. The molecule has 4 heteroatoms. The molecule has 0 saturated heterocycles. The number of hydrogen-bond donors (Lipinski definition) is 0. The molecule has 0 amide bonds. The average molecular weight is 332 g/mol. The van der Waals surface area contributed by atoms with Gasteiger partial charge in [0.25, 0.3) is 0 Å². The number of hydrogen-bond acceptors (Lipinski definition) is 3. The van der Waals surface area contributed by atoms with E-state index in [1.807, 2.05) is 18.2 Å². The van der Waals surface area contributed by atoms with Gasteiger partial charge in [-0.15, -0.1) is 0 Å². The zero-order valence-electron chi connectivity index (χ0n) is 13.3. The minimum absolute atomic E-state index is 0.168. The topological polar surface area (TPSA) is 26.3 Å². The zero-order chi connectivity index (χ0) is 16.5. The van der Waals surface area contributed by atoms with Crippen molar-refractivity contribution < 1.29 is 13.9 Å². The monoisotopic (exact) mass is 332 g/mol. The number of benzene rings is 2. The Morgan fingerprint density at radius 2 is 1.83 bits per heavy atom. The van der Waals surface area contributed by atoms with Crippen LogP contribution in [-0.4, -0.2) is 24.6 Å². The lowest BCUT2D eigenvalue weighted by atomic mass is 10.0. The van der Waals surface area contributed by atoms with Gasteiger partial charge in [0, 0.05) is 5.56 Å². The Morgan fingerprint density at radius 3 is 2.52 bits per heavy atom. The number of halogens is 1. The smallest absolute Gasteiger partial charge is 0.315 e. The summed E-state index contributed by atoms with van der Waals surface area (Å²) in [6, 6.07) is 14.9. The maximum atomic E-state index is 13.7. The Balaban J connectivity index is 1.75. The van der Waals surface area contributed by atoms with Crippen LogP contribution in [0.15, 0.2) is 48.5 Å². The quantitative estimate of drug-likeness (QED) is 0.517. The van der Waals surface area contributed by atoms with Crippen LogP contribution in [0.4, 0.5) is 4.39 Å². The van der Waals surface area contributed by atoms with Gasteiger partial charge < -0.3 is 4.74 Å². The van der Waals surface area contributed by atoms with E-state index >= 15 is 0 Å². The molecule has 0 fully saturated rings. The van der Waals surface area contributed by atoms with Crippen molar-refractivity contribution in [1.82, 2.24) is 0 Å². The molecular formula is C19H21FO2S. The second-order valence-electron chi connectivity index (χ2n) is 5.26. The molecule has 2 aromatic carbocycles. The second-order valence-corrected chi connectivity index (χ2v) is 6.37. The molecule has 2 rings (SSSR count). The SMILES string of the molecule is COC(=O)CSCCCCc1ccc(-c2ccccc2F)cc1. The van der Waals surface area contributed by atoms with Gasteiger partial charge in [0.1, 0.15) is 5.82 Å². The lowest BCUT2D eigenvalue weighted by Gasteiger charge is -2.06. The summed E-state index contributed by atoms with van der Waals surface area (Å²) in [5.74, 6) is 1.03. The summed E-state index contributed by atoms with van der Waals surface area (Å²) in [5, 5.41) is 0. The van der Waals surface area contributed by atoms with E-state index in [1.165, 1.54) is 18.7 Å². The van der Waals surface area contributed by atoms with E-state index in [9.17, 15) is 9.18 Å². The lowest BCUT2D eigenvalue weighted by Crippen LogP contribution is -2.03. The van der Waals surface area contributed by atoms with Gasteiger partial charge in [-0.2, -0.15) is 11.8 Å². The largest absolute Gasteiger partial charge is 0.468 e. The van der Waals surface area contributed by atoms with Gasteiger partial charge in [-0.1, -0.05) is 42.5 Å². The highest BCUT2D eigenvalue weighted by atomic mass is 32.2. The summed E-state index contributed by atoms with van der Waals surface area (Å²) in [6.45, 7) is 0. The summed E-state index contributed by atoms with van der Waals surface area (Å²) in [4.78, 5) is 11.0. The first-order chi connectivity index (χ1) is 11.2. The highest BCUT2D eigenvalue weighted by Gasteiger charge is 2.04. The normalized spacial score (nSPS) is 10.5. The molecule has 2 nitrogen and oxygen atoms in total. The van der Waals surface area contributed by atoms with E-state index < -0.39 is 0 Å². The first-order valence-corrected chi connectivity index (χ1v) is 8.84. The van der Waals surface area contributed by atoms with Crippen LogP contribution in [0.3, 0.4) is 0 Å². The Hall–Kier alpha value is -1.81. The van der Waals surface area contributed by atoms with Crippen LogP contribution in [0.25, 0.3) is 11.1 Å². The van der Waals surface area contributed by atoms with E-state index in [0.717, 1.165) is 30.6 Å². The number of thioether (sulfide) groups is 1. The highest BCUT2D eigenvalue weighted by Crippen LogP contribution is 2.23. The lowest BCUT2D eigenvalue weighted by molar-refractivity contribution is -0.137. The van der Waals surface area contributed by atoms with Crippen LogP contribution in [0, 0.1) is 5.82 Å². The molecule has 0 aliphatic rings. The molecular weight excluding hydrogens is 311 g/mol. The van der Waals surface area contributed by atoms with Crippen molar-refractivity contribution in [3.05, 3.63) is 59.9 Å². The molecule has 23 heavy (non-hydrogen) atoms. The Morgan fingerprint density at radius 1 is 1.09 bits per heavy atom. The molecule has 0 aliphatic heterocycles. The molecule has 0 saturated carbocycles. The van der Waals surface area contributed by atoms with Crippen molar-refractivity contribution in [2.24, 2.45) is 0 Å². The third-order valence-corrected chi connectivity index (χ3v) is 4.61. The molecule has 122 valence electrons. The van der Waals surface area contributed by atoms with Gasteiger partial charge in [0.2, 0.25) is 0 Å². The maximum absolute atomic E-state index is 13.7. The van der Waals surface area contributed by atoms with Crippen LogP contribution in [0.2, 0.25) is 0 Å². The van der Waals surface area contributed by atoms with Crippen molar-refractivity contribution in [3.8, 4) is 11.1 Å². The number of rotatable bonds is 8. The van der Waals surface area contributed by atoms with Crippen molar-refractivity contribution in [1.29, 1.82) is 0 Å². The fourth-order valence-corrected chi connectivity index (χ4v) is 3.13. The molecule has 0 bridgehead atoms. The van der Waals surface area contributed by atoms with Gasteiger partial charge in [0.15, 0.2) is 0 Å². The van der Waals surface area contributed by atoms with E-state index in [2.05, 4.69) is 16.9 Å². The maximum Gasteiger partial charge on any atom is 0.315 e. The molecule has 0 aromatic heterocycles. The van der Waals surface area contributed by atoms with Crippen LogP contribution >= 0.6 is 11.8 Å². The molecule has 0 heterocycles. The number of carbonyl (C=O) groups is 1. The molecule has 2 aromatic rings. The number of esters is 1. The van der Waals surface area contributed by atoms with E-state index in [-0.39, 0.29) is 11.8 Å². The van der Waals surface area contributed by atoms with E-state index in [0.29, 0.717) is 11.3 Å². The Labute approximate surface area is 141 Å². The van der Waals surface area contributed by atoms with Crippen LogP contribution in [0.1, 0.15) is 18.4 Å². The zero-order valence-corrected chi connectivity index (χ0v) is 14.1. The second kappa shape index (κ2) is 9.36. The predicted octanol–water partition coefficient (Wildman–Crippen LogP) is 4.72. The number of aryl methyl sites for hydroxylation is 1.